The molecule has 0 heterocycles. The van der Waals surface area contributed by atoms with E-state index < -0.39 is 0 Å². The Morgan fingerprint density at radius 1 is 1.05 bits per heavy atom. The molecule has 1 aliphatic carbocycles. The summed E-state index contributed by atoms with van der Waals surface area (Å²) in [6.45, 7) is 4.42. The number of rotatable bonds is 5. The van der Waals surface area contributed by atoms with Gasteiger partial charge in [-0.1, -0.05) is 61.4 Å². The second-order valence-electron chi connectivity index (χ2n) is 6.33. The van der Waals surface area contributed by atoms with Crippen LogP contribution in [0.25, 0.3) is 0 Å². The predicted octanol–water partition coefficient (Wildman–Crippen LogP) is 5.31. The van der Waals surface area contributed by atoms with Crippen molar-refractivity contribution in [2.75, 3.05) is 5.32 Å². The highest BCUT2D eigenvalue weighted by Gasteiger charge is 2.30. The summed E-state index contributed by atoms with van der Waals surface area (Å²) in [6.07, 6.45) is 4.88. The summed E-state index contributed by atoms with van der Waals surface area (Å²) in [6, 6.07) is 18.4. The molecule has 1 heteroatoms. The maximum absolute atomic E-state index is 3.75. The van der Waals surface area contributed by atoms with E-state index >= 15 is 0 Å². The third-order valence-electron chi connectivity index (χ3n) is 4.55. The summed E-state index contributed by atoms with van der Waals surface area (Å²) < 4.78 is 0. The van der Waals surface area contributed by atoms with Gasteiger partial charge in [-0.25, -0.2) is 0 Å². The van der Waals surface area contributed by atoms with Gasteiger partial charge in [0.1, 0.15) is 0 Å². The van der Waals surface area contributed by atoms with E-state index in [9.17, 15) is 0 Å². The third kappa shape index (κ3) is 3.29. The Morgan fingerprint density at radius 2 is 1.86 bits per heavy atom. The van der Waals surface area contributed by atoms with Crippen molar-refractivity contribution < 1.29 is 0 Å². The molecule has 0 bridgehead atoms. The van der Waals surface area contributed by atoms with E-state index in [0.29, 0.717) is 6.04 Å². The van der Waals surface area contributed by atoms with Crippen LogP contribution < -0.4 is 5.32 Å². The third-order valence-corrected chi connectivity index (χ3v) is 4.55. The molecule has 0 atom stereocenters. The maximum Gasteiger partial charge on any atom is 0.0374 e. The fraction of sp³-hybridized carbons (Fsp3) is 0.400. The fourth-order valence-electron chi connectivity index (χ4n) is 3.30. The van der Waals surface area contributed by atoms with Crippen LogP contribution >= 0.6 is 0 Å². The molecule has 1 nitrogen and oxygen atoms in total. The predicted molar refractivity (Wildman–Crippen MR) is 91.0 cm³/mol. The van der Waals surface area contributed by atoms with Crippen LogP contribution in [0.15, 0.2) is 48.5 Å². The van der Waals surface area contributed by atoms with Gasteiger partial charge in [0, 0.05) is 11.7 Å². The Balaban J connectivity index is 1.60. The molecule has 0 aromatic heterocycles. The summed E-state index contributed by atoms with van der Waals surface area (Å²) in [7, 11) is 0. The van der Waals surface area contributed by atoms with Crippen molar-refractivity contribution in [1.82, 2.24) is 0 Å². The Morgan fingerprint density at radius 3 is 2.62 bits per heavy atom. The first-order valence-electron chi connectivity index (χ1n) is 8.17. The van der Waals surface area contributed by atoms with Crippen LogP contribution in [0.1, 0.15) is 48.8 Å². The summed E-state index contributed by atoms with van der Waals surface area (Å²) in [5.74, 6) is 0.737. The van der Waals surface area contributed by atoms with Gasteiger partial charge in [-0.05, 0) is 49.3 Å². The highest BCUT2D eigenvalue weighted by molar-refractivity contribution is 5.52. The summed E-state index contributed by atoms with van der Waals surface area (Å²) >= 11 is 0. The molecule has 1 saturated carbocycles. The molecule has 3 rings (SSSR count). The van der Waals surface area contributed by atoms with Crippen molar-refractivity contribution >= 4 is 5.69 Å². The van der Waals surface area contributed by atoms with Crippen LogP contribution in [0.4, 0.5) is 5.69 Å². The van der Waals surface area contributed by atoms with Crippen LogP contribution in [-0.4, -0.2) is 6.04 Å². The number of nitrogens with one attached hydrogen (secondary N) is 1. The van der Waals surface area contributed by atoms with E-state index in [1.807, 2.05) is 0 Å². The number of benzene rings is 2. The Labute approximate surface area is 128 Å². The minimum Gasteiger partial charge on any atom is -0.382 e. The molecule has 21 heavy (non-hydrogen) atoms. The lowest BCUT2D eigenvalue weighted by molar-refractivity contribution is 0.374. The van der Waals surface area contributed by atoms with Gasteiger partial charge in [-0.2, -0.15) is 0 Å². The minimum atomic E-state index is 0.633. The quantitative estimate of drug-likeness (QED) is 0.782. The largest absolute Gasteiger partial charge is 0.382 e. The fourth-order valence-corrected chi connectivity index (χ4v) is 3.30. The molecular formula is C20H25N. The van der Waals surface area contributed by atoms with Crippen molar-refractivity contribution in [3.8, 4) is 0 Å². The van der Waals surface area contributed by atoms with Crippen molar-refractivity contribution in [3.05, 3.63) is 65.2 Å². The molecule has 0 unspecified atom stereocenters. The average Bonchev–Trinajstić information content (AvgIpc) is 2.44. The van der Waals surface area contributed by atoms with Crippen LogP contribution in [0.5, 0.6) is 0 Å². The Hall–Kier alpha value is -1.76. The molecule has 0 radical (unpaired) electrons. The van der Waals surface area contributed by atoms with Gasteiger partial charge >= 0.3 is 0 Å². The molecule has 0 aliphatic heterocycles. The smallest absolute Gasteiger partial charge is 0.0374 e. The van der Waals surface area contributed by atoms with Crippen molar-refractivity contribution in [1.29, 1.82) is 0 Å². The molecule has 0 amide bonds. The van der Waals surface area contributed by atoms with Crippen LogP contribution in [0, 0.1) is 6.92 Å². The number of aryl methyl sites for hydroxylation is 2. The molecule has 0 saturated heterocycles. The zero-order chi connectivity index (χ0) is 14.7. The van der Waals surface area contributed by atoms with Gasteiger partial charge in [0.25, 0.3) is 0 Å². The maximum atomic E-state index is 3.75. The first-order valence-corrected chi connectivity index (χ1v) is 8.17. The number of hydrogen-bond donors (Lipinski definition) is 1. The van der Waals surface area contributed by atoms with Crippen molar-refractivity contribution in [2.24, 2.45) is 0 Å². The highest BCUT2D eigenvalue weighted by Crippen LogP contribution is 2.39. The molecular weight excluding hydrogens is 254 g/mol. The lowest BCUT2D eigenvalue weighted by Crippen LogP contribution is -2.34. The number of hydrogen-bond acceptors (Lipinski definition) is 1. The lowest BCUT2D eigenvalue weighted by atomic mass is 9.75. The van der Waals surface area contributed by atoms with Crippen LogP contribution in [0.2, 0.25) is 0 Å². The van der Waals surface area contributed by atoms with Gasteiger partial charge in [0.05, 0.1) is 0 Å². The van der Waals surface area contributed by atoms with Gasteiger partial charge in [-0.15, -0.1) is 0 Å². The Bertz CT molecular complexity index is 596. The summed E-state index contributed by atoms with van der Waals surface area (Å²) in [4.78, 5) is 0. The highest BCUT2D eigenvalue weighted by atomic mass is 14.9. The Kier molecular flexibility index (Phi) is 4.28. The SMILES string of the molecule is CCCc1ccccc1NC1CC(c2cccc(C)c2)C1. The zero-order valence-corrected chi connectivity index (χ0v) is 13.1. The van der Waals surface area contributed by atoms with Crippen LogP contribution in [-0.2, 0) is 6.42 Å². The number of anilines is 1. The molecule has 1 aliphatic rings. The molecule has 1 fully saturated rings. The van der Waals surface area contributed by atoms with Crippen molar-refractivity contribution in [2.45, 2.75) is 51.5 Å². The van der Waals surface area contributed by atoms with Crippen LogP contribution in [0.3, 0.4) is 0 Å². The van der Waals surface area contributed by atoms with E-state index in [0.717, 1.165) is 12.3 Å². The topological polar surface area (TPSA) is 12.0 Å². The number of para-hydroxylation sites is 1. The second kappa shape index (κ2) is 6.34. The average molecular weight is 279 g/mol. The first-order chi connectivity index (χ1) is 10.3. The minimum absolute atomic E-state index is 0.633. The van der Waals surface area contributed by atoms with Gasteiger partial charge in [0.15, 0.2) is 0 Å². The molecule has 2 aromatic carbocycles. The molecule has 2 aromatic rings. The van der Waals surface area contributed by atoms with E-state index in [1.165, 1.54) is 41.6 Å². The standard InChI is InChI=1S/C20H25N/c1-3-7-16-9-4-5-11-20(16)21-19-13-18(14-19)17-10-6-8-15(2)12-17/h4-6,8-12,18-19,21H,3,7,13-14H2,1-2H3. The van der Waals surface area contributed by atoms with Crippen molar-refractivity contribution in [3.63, 3.8) is 0 Å². The molecule has 0 spiro atoms. The van der Waals surface area contributed by atoms with Gasteiger partial charge in [-0.3, -0.25) is 0 Å². The van der Waals surface area contributed by atoms with Gasteiger partial charge < -0.3 is 5.32 Å². The first kappa shape index (κ1) is 14.2. The molecule has 1 N–H and O–H groups in total. The van der Waals surface area contributed by atoms with E-state index in [-0.39, 0.29) is 0 Å². The summed E-state index contributed by atoms with van der Waals surface area (Å²) in [5.41, 5.74) is 5.68. The second-order valence-corrected chi connectivity index (χ2v) is 6.33. The molecule has 110 valence electrons. The van der Waals surface area contributed by atoms with E-state index in [2.05, 4.69) is 67.7 Å². The normalized spacial score (nSPS) is 20.9. The van der Waals surface area contributed by atoms with Gasteiger partial charge in [0.2, 0.25) is 0 Å². The zero-order valence-electron chi connectivity index (χ0n) is 13.1. The summed E-state index contributed by atoms with van der Waals surface area (Å²) in [5, 5.41) is 3.75. The van der Waals surface area contributed by atoms with E-state index in [4.69, 9.17) is 0 Å². The monoisotopic (exact) mass is 279 g/mol. The van der Waals surface area contributed by atoms with E-state index in [1.54, 1.807) is 0 Å². The lowest BCUT2D eigenvalue weighted by Gasteiger charge is -2.37.